The number of amides is 2. The number of rotatable bonds is 12. The molecule has 2 aromatic carbocycles. The van der Waals surface area contributed by atoms with Gasteiger partial charge in [-0.3, -0.25) is 5.43 Å². The van der Waals surface area contributed by atoms with Crippen molar-refractivity contribution >= 4 is 18.2 Å². The maximum Gasteiger partial charge on any atom is 0.337 e. The van der Waals surface area contributed by atoms with Crippen molar-refractivity contribution in [3.63, 3.8) is 0 Å². The first-order chi connectivity index (χ1) is 18.4. The molecule has 0 radical (unpaired) electrons. The third kappa shape index (κ3) is 7.37. The fraction of sp³-hybridized carbons (Fsp3) is 0.308. The predicted molar refractivity (Wildman–Crippen MR) is 137 cm³/mol. The number of methoxy groups -OCH3 is 1. The van der Waals surface area contributed by atoms with Crippen LogP contribution in [0.15, 0.2) is 58.8 Å². The van der Waals surface area contributed by atoms with E-state index in [-0.39, 0.29) is 18.8 Å². The van der Waals surface area contributed by atoms with E-state index in [0.717, 1.165) is 5.56 Å². The highest BCUT2D eigenvalue weighted by Gasteiger charge is 2.32. The van der Waals surface area contributed by atoms with Crippen molar-refractivity contribution in [3.05, 3.63) is 64.9 Å². The Labute approximate surface area is 219 Å². The summed E-state index contributed by atoms with van der Waals surface area (Å²) in [6.07, 6.45) is 0.387. The Balaban J connectivity index is 1.65. The molecule has 0 saturated carbocycles. The van der Waals surface area contributed by atoms with Crippen LogP contribution in [0.1, 0.15) is 31.0 Å². The van der Waals surface area contributed by atoms with E-state index in [4.69, 9.17) is 24.2 Å². The molecule has 2 atom stereocenters. The van der Waals surface area contributed by atoms with E-state index in [1.165, 1.54) is 13.3 Å². The average Bonchev–Trinajstić information content (AvgIpc) is 2.91. The lowest BCUT2D eigenvalue weighted by Crippen LogP contribution is -2.45. The monoisotopic (exact) mass is 523 g/mol. The minimum atomic E-state index is -1.13. The molecular weight excluding hydrogens is 494 g/mol. The Hall–Kier alpha value is -4.76. The molecule has 0 saturated heterocycles. The average molecular weight is 524 g/mol. The van der Waals surface area contributed by atoms with Crippen LogP contribution in [-0.2, 0) is 9.53 Å². The van der Waals surface area contributed by atoms with Gasteiger partial charge < -0.3 is 34.7 Å². The van der Waals surface area contributed by atoms with Crippen molar-refractivity contribution in [2.24, 2.45) is 5.10 Å². The number of urea groups is 1. The van der Waals surface area contributed by atoms with Gasteiger partial charge in [-0.25, -0.2) is 9.59 Å². The topological polar surface area (TPSA) is 164 Å². The molecule has 38 heavy (non-hydrogen) atoms. The quantitative estimate of drug-likeness (QED) is 0.141. The Kier molecular flexibility index (Phi) is 9.90. The summed E-state index contributed by atoms with van der Waals surface area (Å²) in [6.45, 7) is 3.59. The van der Waals surface area contributed by atoms with Gasteiger partial charge >= 0.3 is 12.0 Å². The first-order valence-corrected chi connectivity index (χ1v) is 11.7. The summed E-state index contributed by atoms with van der Waals surface area (Å²) < 4.78 is 21.5. The van der Waals surface area contributed by atoms with Crippen LogP contribution in [0, 0.1) is 11.3 Å². The zero-order valence-electron chi connectivity index (χ0n) is 21.2. The number of esters is 1. The Morgan fingerprint density at radius 3 is 2.66 bits per heavy atom. The Morgan fingerprint density at radius 1 is 1.21 bits per heavy atom. The summed E-state index contributed by atoms with van der Waals surface area (Å²) in [5.41, 5.74) is 4.57. The highest BCUT2D eigenvalue weighted by molar-refractivity contribution is 5.95. The number of allylic oxidation sites excluding steroid dienone is 1. The number of aliphatic hydroxyl groups is 1. The Morgan fingerprint density at radius 2 is 1.97 bits per heavy atom. The highest BCUT2D eigenvalue weighted by atomic mass is 16.5. The summed E-state index contributed by atoms with van der Waals surface area (Å²) in [5.74, 6) is 0.718. The van der Waals surface area contributed by atoms with Gasteiger partial charge in [0.2, 0.25) is 0 Å². The largest absolute Gasteiger partial charge is 0.490 e. The number of nitrogens with one attached hydrogen (secondary N) is 3. The number of hydrogen-bond donors (Lipinski definition) is 4. The first-order valence-electron chi connectivity index (χ1n) is 11.7. The van der Waals surface area contributed by atoms with E-state index in [2.05, 4.69) is 21.2 Å². The minimum absolute atomic E-state index is 0.0329. The summed E-state index contributed by atoms with van der Waals surface area (Å²) in [5, 5.41) is 28.1. The summed E-state index contributed by atoms with van der Waals surface area (Å²) in [6, 6.07) is 12.6. The molecule has 0 bridgehead atoms. The molecule has 0 fully saturated rings. The summed E-state index contributed by atoms with van der Waals surface area (Å²) in [4.78, 5) is 24.4. The molecule has 200 valence electrons. The lowest BCUT2D eigenvalue weighted by atomic mass is 9.95. The zero-order chi connectivity index (χ0) is 27.5. The molecule has 2 aromatic rings. The summed E-state index contributed by atoms with van der Waals surface area (Å²) in [7, 11) is 1.27. The van der Waals surface area contributed by atoms with Crippen molar-refractivity contribution < 1.29 is 33.6 Å². The summed E-state index contributed by atoms with van der Waals surface area (Å²) >= 11 is 0. The standard InChI is InChI=1S/C26H29N5O7/c1-4-36-21-13-18(24-23(25(33)35-3)16(2)29-26(34)30-24)7-10-20(21)38-15-22(32)31-28-14-17-5-8-19(9-6-17)37-12-11-27/h5-10,13-14,22,24,31-32H,4,12,15H2,1-3H3,(H2,29,30,34)/b28-14-/t22-,24+/m1/s1. The second-order valence-electron chi connectivity index (χ2n) is 7.93. The van der Waals surface area contributed by atoms with Crippen LogP contribution in [0.3, 0.4) is 0 Å². The van der Waals surface area contributed by atoms with Gasteiger partial charge in [0, 0.05) is 5.70 Å². The molecule has 12 heteroatoms. The van der Waals surface area contributed by atoms with Gasteiger partial charge in [0.05, 0.1) is 31.5 Å². The minimum Gasteiger partial charge on any atom is -0.490 e. The number of benzene rings is 2. The third-order valence-electron chi connectivity index (χ3n) is 5.29. The number of nitriles is 1. The van der Waals surface area contributed by atoms with Crippen molar-refractivity contribution in [1.29, 1.82) is 5.26 Å². The molecule has 1 aliphatic heterocycles. The van der Waals surface area contributed by atoms with Crippen LogP contribution in [0.5, 0.6) is 17.2 Å². The van der Waals surface area contributed by atoms with Crippen LogP contribution in [0.4, 0.5) is 4.79 Å². The van der Waals surface area contributed by atoms with Crippen molar-refractivity contribution in [2.45, 2.75) is 26.1 Å². The third-order valence-corrected chi connectivity index (χ3v) is 5.29. The van der Waals surface area contributed by atoms with E-state index in [1.807, 2.05) is 6.07 Å². The lowest BCUT2D eigenvalue weighted by molar-refractivity contribution is -0.136. The second kappa shape index (κ2) is 13.5. The number of ether oxygens (including phenoxy) is 4. The van der Waals surface area contributed by atoms with Gasteiger partial charge in [-0.1, -0.05) is 6.07 Å². The molecule has 4 N–H and O–H groups in total. The molecular formula is C26H29N5O7. The smallest absolute Gasteiger partial charge is 0.337 e. The first kappa shape index (κ1) is 27.8. The van der Waals surface area contributed by atoms with Gasteiger partial charge in [-0.2, -0.15) is 10.4 Å². The molecule has 12 nitrogen and oxygen atoms in total. The van der Waals surface area contributed by atoms with Gasteiger partial charge in [0.25, 0.3) is 0 Å². The maximum absolute atomic E-state index is 12.4. The fourth-order valence-electron chi connectivity index (χ4n) is 3.59. The maximum atomic E-state index is 12.4. The van der Waals surface area contributed by atoms with Gasteiger partial charge in [0.15, 0.2) is 24.3 Å². The molecule has 0 unspecified atom stereocenters. The second-order valence-corrected chi connectivity index (χ2v) is 7.93. The van der Waals surface area contributed by atoms with Gasteiger partial charge in [-0.05, 0) is 61.4 Å². The molecule has 1 heterocycles. The molecule has 0 spiro atoms. The van der Waals surface area contributed by atoms with E-state index in [0.29, 0.717) is 35.1 Å². The molecule has 1 aliphatic rings. The van der Waals surface area contributed by atoms with Crippen LogP contribution >= 0.6 is 0 Å². The fourth-order valence-corrected chi connectivity index (χ4v) is 3.59. The highest BCUT2D eigenvalue weighted by Crippen LogP contribution is 2.34. The van der Waals surface area contributed by atoms with Crippen LogP contribution in [0.2, 0.25) is 0 Å². The SMILES string of the molecule is CCOc1cc([C@@H]2NC(=O)NC(C)=C2C(=O)OC)ccc1OC[C@@H](O)N/N=C\c1ccc(OCC#N)cc1. The number of hydrazone groups is 1. The van der Waals surface area contributed by atoms with E-state index in [9.17, 15) is 14.7 Å². The van der Waals surface area contributed by atoms with Gasteiger partial charge in [0.1, 0.15) is 18.4 Å². The van der Waals surface area contributed by atoms with Crippen LogP contribution in [0.25, 0.3) is 0 Å². The van der Waals surface area contributed by atoms with Crippen molar-refractivity contribution in [1.82, 2.24) is 16.1 Å². The number of carbonyl (C=O) groups is 2. The number of aliphatic hydroxyl groups excluding tert-OH is 1. The predicted octanol–water partition coefficient (Wildman–Crippen LogP) is 2.11. The van der Waals surface area contributed by atoms with Crippen LogP contribution < -0.4 is 30.3 Å². The molecule has 3 rings (SSSR count). The lowest BCUT2D eigenvalue weighted by Gasteiger charge is -2.28. The van der Waals surface area contributed by atoms with Crippen molar-refractivity contribution in [3.8, 4) is 23.3 Å². The van der Waals surface area contributed by atoms with E-state index < -0.39 is 24.3 Å². The van der Waals surface area contributed by atoms with Gasteiger partial charge in [-0.15, -0.1) is 0 Å². The Bertz CT molecular complexity index is 1240. The molecule has 2 amide bonds. The number of nitrogens with zero attached hydrogens (tertiary/aromatic N) is 2. The number of carbonyl (C=O) groups excluding carboxylic acids is 2. The molecule has 0 aromatic heterocycles. The number of hydrogen-bond acceptors (Lipinski definition) is 10. The van der Waals surface area contributed by atoms with Crippen LogP contribution in [-0.4, -0.2) is 56.5 Å². The normalized spacial score (nSPS) is 15.7. The van der Waals surface area contributed by atoms with Crippen molar-refractivity contribution in [2.75, 3.05) is 26.9 Å². The van der Waals surface area contributed by atoms with E-state index >= 15 is 0 Å². The molecule has 0 aliphatic carbocycles. The van der Waals surface area contributed by atoms with E-state index in [1.54, 1.807) is 56.3 Å². The zero-order valence-corrected chi connectivity index (χ0v) is 21.2.